The molecule has 0 aromatic carbocycles. The second kappa shape index (κ2) is 6.03. The Morgan fingerprint density at radius 3 is 2.48 bits per heavy atom. The largest absolute Gasteiger partial charge is 0.481 e. The van der Waals surface area contributed by atoms with Gasteiger partial charge in [-0.15, -0.1) is 0 Å². The summed E-state index contributed by atoms with van der Waals surface area (Å²) in [6.07, 6.45) is 6.94. The predicted octanol–water partition coefficient (Wildman–Crippen LogP) is 3.06. The Bertz CT molecular complexity index is 464. The Kier molecular flexibility index (Phi) is 4.52. The third-order valence-electron chi connectivity index (χ3n) is 8.09. The van der Waals surface area contributed by atoms with Crippen LogP contribution in [-0.2, 0) is 4.79 Å². The Hall–Kier alpha value is -0.610. The molecule has 0 bridgehead atoms. The summed E-state index contributed by atoms with van der Waals surface area (Å²) in [5, 5.41) is 29.4. The molecule has 0 amide bonds. The minimum Gasteiger partial charge on any atom is -0.481 e. The first-order chi connectivity index (χ1) is 10.8. The number of aliphatic carboxylic acids is 1. The van der Waals surface area contributed by atoms with Gasteiger partial charge < -0.3 is 15.3 Å². The standard InChI is InChI=1S/C19H32O4/c1-18(9-10-20)12(11-17(22)23)3-4-13-14-5-6-16(21)19(14,2)8-7-15(13)18/h12-16,20-21H,3-11H2,1-2H3,(H,22,23)/t12-,13-,14-,15-,16-,18-,19-/m0/s1. The molecule has 0 saturated heterocycles. The molecule has 3 rings (SSSR count). The van der Waals surface area contributed by atoms with Gasteiger partial charge in [0, 0.05) is 13.0 Å². The number of carbonyl (C=O) groups is 1. The van der Waals surface area contributed by atoms with Crippen molar-refractivity contribution in [2.75, 3.05) is 6.61 Å². The van der Waals surface area contributed by atoms with Gasteiger partial charge >= 0.3 is 5.97 Å². The summed E-state index contributed by atoms with van der Waals surface area (Å²) < 4.78 is 0. The van der Waals surface area contributed by atoms with Crippen LogP contribution in [-0.4, -0.2) is 34.0 Å². The van der Waals surface area contributed by atoms with E-state index in [-0.39, 0.29) is 35.9 Å². The molecule has 0 aliphatic heterocycles. The van der Waals surface area contributed by atoms with Crippen LogP contribution >= 0.6 is 0 Å². The maximum absolute atomic E-state index is 11.3. The zero-order valence-electron chi connectivity index (χ0n) is 14.5. The molecule has 0 aromatic rings. The number of aliphatic hydroxyl groups excluding tert-OH is 2. The molecule has 0 aromatic heterocycles. The lowest BCUT2D eigenvalue weighted by molar-refractivity contribution is -0.146. The SMILES string of the molecule is C[C@]1(CCO)[C@H](CC(=O)O)CC[C@@H]2[C@@H]1CC[C@]1(C)[C@@H](O)CC[C@@H]21. The summed E-state index contributed by atoms with van der Waals surface area (Å²) in [6.45, 7) is 4.63. The van der Waals surface area contributed by atoms with E-state index in [9.17, 15) is 20.1 Å². The van der Waals surface area contributed by atoms with E-state index in [1.807, 2.05) is 0 Å². The van der Waals surface area contributed by atoms with Gasteiger partial charge in [-0.3, -0.25) is 4.79 Å². The predicted molar refractivity (Wildman–Crippen MR) is 87.8 cm³/mol. The maximum Gasteiger partial charge on any atom is 0.303 e. The summed E-state index contributed by atoms with van der Waals surface area (Å²) in [5.41, 5.74) is -0.0220. The minimum atomic E-state index is -0.713. The maximum atomic E-state index is 11.3. The molecule has 3 saturated carbocycles. The van der Waals surface area contributed by atoms with Crippen molar-refractivity contribution in [1.82, 2.24) is 0 Å². The van der Waals surface area contributed by atoms with E-state index in [1.165, 1.54) is 0 Å². The number of rotatable bonds is 4. The van der Waals surface area contributed by atoms with Crippen molar-refractivity contribution in [2.24, 2.45) is 34.5 Å². The van der Waals surface area contributed by atoms with Gasteiger partial charge in [-0.05, 0) is 79.4 Å². The van der Waals surface area contributed by atoms with Crippen LogP contribution in [0, 0.1) is 34.5 Å². The van der Waals surface area contributed by atoms with E-state index in [1.54, 1.807) is 0 Å². The van der Waals surface area contributed by atoms with Gasteiger partial charge in [0.1, 0.15) is 0 Å². The monoisotopic (exact) mass is 324 g/mol. The molecule has 3 N–H and O–H groups in total. The van der Waals surface area contributed by atoms with Crippen LogP contribution in [0.15, 0.2) is 0 Å². The lowest BCUT2D eigenvalue weighted by Crippen LogP contribution is -2.53. The molecule has 0 spiro atoms. The van der Waals surface area contributed by atoms with Crippen molar-refractivity contribution in [3.8, 4) is 0 Å². The molecular weight excluding hydrogens is 292 g/mol. The molecule has 3 fully saturated rings. The molecular formula is C19H32O4. The van der Waals surface area contributed by atoms with Gasteiger partial charge in [0.2, 0.25) is 0 Å². The van der Waals surface area contributed by atoms with E-state index < -0.39 is 5.97 Å². The average molecular weight is 324 g/mol. The number of aliphatic hydroxyl groups is 2. The smallest absolute Gasteiger partial charge is 0.303 e. The topological polar surface area (TPSA) is 77.8 Å². The number of hydrogen-bond donors (Lipinski definition) is 3. The summed E-state index contributed by atoms with van der Waals surface area (Å²) in [7, 11) is 0. The highest BCUT2D eigenvalue weighted by molar-refractivity contribution is 5.67. The third kappa shape index (κ3) is 2.62. The Morgan fingerprint density at radius 2 is 1.83 bits per heavy atom. The van der Waals surface area contributed by atoms with Crippen molar-refractivity contribution < 1.29 is 20.1 Å². The van der Waals surface area contributed by atoms with Crippen LogP contribution in [0.3, 0.4) is 0 Å². The summed E-state index contributed by atoms with van der Waals surface area (Å²) in [6, 6.07) is 0. The number of carboxylic acid groups (broad SMARTS) is 1. The fourth-order valence-electron chi connectivity index (χ4n) is 6.68. The summed E-state index contributed by atoms with van der Waals surface area (Å²) >= 11 is 0. The molecule has 0 heterocycles. The highest BCUT2D eigenvalue weighted by atomic mass is 16.4. The van der Waals surface area contributed by atoms with Crippen molar-refractivity contribution in [2.45, 2.75) is 71.3 Å². The molecule has 4 heteroatoms. The van der Waals surface area contributed by atoms with Gasteiger partial charge in [-0.25, -0.2) is 0 Å². The van der Waals surface area contributed by atoms with Crippen molar-refractivity contribution in [3.05, 3.63) is 0 Å². The quantitative estimate of drug-likeness (QED) is 0.743. The van der Waals surface area contributed by atoms with Crippen LogP contribution in [0.1, 0.15) is 65.2 Å². The molecule has 23 heavy (non-hydrogen) atoms. The lowest BCUT2D eigenvalue weighted by atomic mass is 9.46. The van der Waals surface area contributed by atoms with Gasteiger partial charge in [0.05, 0.1) is 6.10 Å². The van der Waals surface area contributed by atoms with Crippen LogP contribution in [0.5, 0.6) is 0 Å². The first-order valence-electron chi connectivity index (χ1n) is 9.33. The molecule has 132 valence electrons. The van der Waals surface area contributed by atoms with Crippen LogP contribution in [0.2, 0.25) is 0 Å². The minimum absolute atomic E-state index is 0.0565. The van der Waals surface area contributed by atoms with E-state index >= 15 is 0 Å². The Morgan fingerprint density at radius 1 is 1.09 bits per heavy atom. The lowest BCUT2D eigenvalue weighted by Gasteiger charge is -2.58. The molecule has 0 radical (unpaired) electrons. The van der Waals surface area contributed by atoms with E-state index in [4.69, 9.17) is 0 Å². The van der Waals surface area contributed by atoms with Gasteiger partial charge in [0.25, 0.3) is 0 Å². The molecule has 7 atom stereocenters. The van der Waals surface area contributed by atoms with E-state index in [0.717, 1.165) is 38.5 Å². The molecule has 4 nitrogen and oxygen atoms in total. The molecule has 3 aliphatic rings. The fourth-order valence-corrected chi connectivity index (χ4v) is 6.68. The van der Waals surface area contributed by atoms with Crippen LogP contribution < -0.4 is 0 Å². The number of hydrogen-bond acceptors (Lipinski definition) is 3. The van der Waals surface area contributed by atoms with Gasteiger partial charge in [0.15, 0.2) is 0 Å². The second-order valence-electron chi connectivity index (χ2n) is 8.87. The average Bonchev–Trinajstić information content (AvgIpc) is 2.78. The van der Waals surface area contributed by atoms with Crippen molar-refractivity contribution in [3.63, 3.8) is 0 Å². The van der Waals surface area contributed by atoms with Gasteiger partial charge in [-0.2, -0.15) is 0 Å². The van der Waals surface area contributed by atoms with Crippen LogP contribution in [0.4, 0.5) is 0 Å². The van der Waals surface area contributed by atoms with Crippen molar-refractivity contribution in [1.29, 1.82) is 0 Å². The Labute approximate surface area is 139 Å². The zero-order valence-corrected chi connectivity index (χ0v) is 14.5. The van der Waals surface area contributed by atoms with E-state index in [2.05, 4.69) is 13.8 Å². The van der Waals surface area contributed by atoms with Crippen LogP contribution in [0.25, 0.3) is 0 Å². The highest BCUT2D eigenvalue weighted by Crippen LogP contribution is 2.64. The fraction of sp³-hybridized carbons (Fsp3) is 0.947. The van der Waals surface area contributed by atoms with Crippen molar-refractivity contribution >= 4 is 5.97 Å². The van der Waals surface area contributed by atoms with Gasteiger partial charge in [-0.1, -0.05) is 13.8 Å². The normalized spacial score (nSPS) is 49.5. The molecule has 0 unspecified atom stereocenters. The summed E-state index contributed by atoms with van der Waals surface area (Å²) in [4.78, 5) is 11.3. The number of fused-ring (bicyclic) bond motifs is 3. The first kappa shape index (κ1) is 17.2. The highest BCUT2D eigenvalue weighted by Gasteiger charge is 2.59. The summed E-state index contributed by atoms with van der Waals surface area (Å²) in [5.74, 6) is 1.11. The molecule has 3 aliphatic carbocycles. The second-order valence-corrected chi connectivity index (χ2v) is 8.87. The Balaban J connectivity index is 1.88. The zero-order chi connectivity index (χ0) is 16.8. The third-order valence-corrected chi connectivity index (χ3v) is 8.09. The van der Waals surface area contributed by atoms with E-state index in [0.29, 0.717) is 24.2 Å². The first-order valence-corrected chi connectivity index (χ1v) is 9.33. The number of carboxylic acids is 1.